The second-order valence-electron chi connectivity index (χ2n) is 5.70. The van der Waals surface area contributed by atoms with Crippen molar-refractivity contribution in [3.05, 3.63) is 0 Å². The van der Waals surface area contributed by atoms with Gasteiger partial charge in [0.05, 0.1) is 0 Å². The van der Waals surface area contributed by atoms with Crippen molar-refractivity contribution in [2.24, 2.45) is 29.4 Å². The first-order valence-corrected chi connectivity index (χ1v) is 7.13. The quantitative estimate of drug-likeness (QED) is 0.801. The van der Waals surface area contributed by atoms with E-state index >= 15 is 0 Å². The first kappa shape index (κ1) is 12.4. The molecule has 2 fully saturated rings. The van der Waals surface area contributed by atoms with Gasteiger partial charge in [-0.2, -0.15) is 0 Å². The molecule has 2 heteroatoms. The monoisotopic (exact) mass is 225 g/mol. The Morgan fingerprint density at radius 1 is 1.12 bits per heavy atom. The van der Waals surface area contributed by atoms with E-state index in [1.165, 1.54) is 38.5 Å². The lowest BCUT2D eigenvalue weighted by Gasteiger charge is -2.41. The minimum atomic E-state index is 0.797. The highest BCUT2D eigenvalue weighted by Gasteiger charge is 2.34. The molecule has 0 spiro atoms. The topological polar surface area (TPSA) is 35.2 Å². The maximum Gasteiger partial charge on any atom is 0.0468 e. The van der Waals surface area contributed by atoms with E-state index in [-0.39, 0.29) is 0 Å². The van der Waals surface area contributed by atoms with Crippen LogP contribution in [-0.4, -0.2) is 19.8 Å². The lowest BCUT2D eigenvalue weighted by atomic mass is 9.66. The van der Waals surface area contributed by atoms with Gasteiger partial charge < -0.3 is 10.5 Å². The zero-order valence-electron chi connectivity index (χ0n) is 10.7. The molecule has 1 aliphatic heterocycles. The first-order chi connectivity index (χ1) is 7.85. The van der Waals surface area contributed by atoms with E-state index < -0.39 is 0 Å². The largest absolute Gasteiger partial charge is 0.381 e. The fourth-order valence-corrected chi connectivity index (χ4v) is 3.74. The van der Waals surface area contributed by atoms with Crippen LogP contribution in [0.2, 0.25) is 0 Å². The summed E-state index contributed by atoms with van der Waals surface area (Å²) in [6, 6.07) is 0. The van der Waals surface area contributed by atoms with Crippen LogP contribution in [0.5, 0.6) is 0 Å². The van der Waals surface area contributed by atoms with Gasteiger partial charge in [0.25, 0.3) is 0 Å². The highest BCUT2D eigenvalue weighted by Crippen LogP contribution is 2.42. The molecule has 16 heavy (non-hydrogen) atoms. The molecule has 0 amide bonds. The van der Waals surface area contributed by atoms with Gasteiger partial charge in [-0.1, -0.05) is 19.8 Å². The Morgan fingerprint density at radius 3 is 2.50 bits per heavy atom. The molecule has 2 rings (SSSR count). The predicted molar refractivity (Wildman–Crippen MR) is 67.2 cm³/mol. The average molecular weight is 225 g/mol. The van der Waals surface area contributed by atoms with Gasteiger partial charge >= 0.3 is 0 Å². The van der Waals surface area contributed by atoms with E-state index in [9.17, 15) is 0 Å². The zero-order chi connectivity index (χ0) is 11.4. The van der Waals surface area contributed by atoms with Crippen molar-refractivity contribution in [3.63, 3.8) is 0 Å². The van der Waals surface area contributed by atoms with Crippen molar-refractivity contribution in [1.82, 2.24) is 0 Å². The normalized spacial score (nSPS) is 37.5. The predicted octanol–water partition coefficient (Wildman–Crippen LogP) is 2.81. The van der Waals surface area contributed by atoms with Gasteiger partial charge in [-0.25, -0.2) is 0 Å². The molecule has 0 aromatic rings. The SMILES string of the molecule is CCC1CCC(CN)C(C2CCOCC2)C1. The van der Waals surface area contributed by atoms with E-state index in [0.29, 0.717) is 0 Å². The molecule has 1 saturated carbocycles. The summed E-state index contributed by atoms with van der Waals surface area (Å²) in [4.78, 5) is 0. The summed E-state index contributed by atoms with van der Waals surface area (Å²) in [5.41, 5.74) is 5.96. The van der Waals surface area contributed by atoms with Crippen LogP contribution in [0.15, 0.2) is 0 Å². The fourth-order valence-electron chi connectivity index (χ4n) is 3.74. The Hall–Kier alpha value is -0.0800. The number of nitrogens with two attached hydrogens (primary N) is 1. The van der Waals surface area contributed by atoms with Crippen LogP contribution in [-0.2, 0) is 4.74 Å². The molecule has 0 radical (unpaired) electrons. The molecule has 3 atom stereocenters. The molecule has 1 saturated heterocycles. The van der Waals surface area contributed by atoms with Gasteiger partial charge in [0.15, 0.2) is 0 Å². The number of hydrogen-bond acceptors (Lipinski definition) is 2. The molecule has 2 aliphatic rings. The molecular formula is C14H27NO. The molecule has 1 heterocycles. The lowest BCUT2D eigenvalue weighted by Crippen LogP contribution is -2.37. The van der Waals surface area contributed by atoms with E-state index in [0.717, 1.165) is 43.4 Å². The third-order valence-corrected chi connectivity index (χ3v) is 4.91. The molecule has 2 nitrogen and oxygen atoms in total. The van der Waals surface area contributed by atoms with Crippen molar-refractivity contribution in [3.8, 4) is 0 Å². The highest BCUT2D eigenvalue weighted by molar-refractivity contribution is 4.85. The van der Waals surface area contributed by atoms with Gasteiger partial charge in [0.2, 0.25) is 0 Å². The molecule has 2 N–H and O–H groups in total. The van der Waals surface area contributed by atoms with E-state index in [1.54, 1.807) is 0 Å². The zero-order valence-corrected chi connectivity index (χ0v) is 10.7. The van der Waals surface area contributed by atoms with Crippen LogP contribution < -0.4 is 5.73 Å². The molecule has 3 unspecified atom stereocenters. The fraction of sp³-hybridized carbons (Fsp3) is 1.00. The Morgan fingerprint density at radius 2 is 1.88 bits per heavy atom. The average Bonchev–Trinajstić information content (AvgIpc) is 2.39. The maximum absolute atomic E-state index is 5.96. The van der Waals surface area contributed by atoms with Crippen LogP contribution in [0, 0.1) is 23.7 Å². The van der Waals surface area contributed by atoms with Gasteiger partial charge in [0, 0.05) is 13.2 Å². The Balaban J connectivity index is 1.95. The van der Waals surface area contributed by atoms with E-state index in [1.807, 2.05) is 0 Å². The van der Waals surface area contributed by atoms with Gasteiger partial charge in [-0.3, -0.25) is 0 Å². The second-order valence-corrected chi connectivity index (χ2v) is 5.70. The van der Waals surface area contributed by atoms with Crippen molar-refractivity contribution in [2.45, 2.75) is 45.4 Å². The summed E-state index contributed by atoms with van der Waals surface area (Å²) in [6.45, 7) is 5.21. The number of rotatable bonds is 3. The number of ether oxygens (including phenoxy) is 1. The van der Waals surface area contributed by atoms with Crippen molar-refractivity contribution >= 4 is 0 Å². The van der Waals surface area contributed by atoms with Crippen molar-refractivity contribution in [2.75, 3.05) is 19.8 Å². The van der Waals surface area contributed by atoms with Crippen LogP contribution in [0.4, 0.5) is 0 Å². The second kappa shape index (κ2) is 6.02. The Bertz CT molecular complexity index is 201. The van der Waals surface area contributed by atoms with Gasteiger partial charge in [-0.05, 0) is 55.9 Å². The summed E-state index contributed by atoms with van der Waals surface area (Å²) >= 11 is 0. The first-order valence-electron chi connectivity index (χ1n) is 7.13. The van der Waals surface area contributed by atoms with Gasteiger partial charge in [0.1, 0.15) is 0 Å². The third-order valence-electron chi connectivity index (χ3n) is 4.91. The summed E-state index contributed by atoms with van der Waals surface area (Å²) in [5.74, 6) is 3.56. The molecule has 0 aromatic heterocycles. The molecular weight excluding hydrogens is 198 g/mol. The van der Waals surface area contributed by atoms with Crippen molar-refractivity contribution in [1.29, 1.82) is 0 Å². The van der Waals surface area contributed by atoms with Crippen LogP contribution in [0.25, 0.3) is 0 Å². The standard InChI is InChI=1S/C14H27NO/c1-2-11-3-4-13(10-15)14(9-11)12-5-7-16-8-6-12/h11-14H,2-10,15H2,1H3. The highest BCUT2D eigenvalue weighted by atomic mass is 16.5. The molecule has 0 aromatic carbocycles. The van der Waals surface area contributed by atoms with Crippen LogP contribution >= 0.6 is 0 Å². The van der Waals surface area contributed by atoms with Crippen LogP contribution in [0.1, 0.15) is 45.4 Å². The Kier molecular flexibility index (Phi) is 4.66. The minimum absolute atomic E-state index is 0.797. The summed E-state index contributed by atoms with van der Waals surface area (Å²) < 4.78 is 5.48. The van der Waals surface area contributed by atoms with Gasteiger partial charge in [-0.15, -0.1) is 0 Å². The summed E-state index contributed by atoms with van der Waals surface area (Å²) in [6.07, 6.45) is 8.13. The third kappa shape index (κ3) is 2.78. The molecule has 94 valence electrons. The smallest absolute Gasteiger partial charge is 0.0468 e. The number of hydrogen-bond donors (Lipinski definition) is 1. The summed E-state index contributed by atoms with van der Waals surface area (Å²) in [7, 11) is 0. The van der Waals surface area contributed by atoms with Crippen molar-refractivity contribution < 1.29 is 4.74 Å². The van der Waals surface area contributed by atoms with E-state index in [2.05, 4.69) is 6.92 Å². The lowest BCUT2D eigenvalue weighted by molar-refractivity contribution is 0.0155. The maximum atomic E-state index is 5.96. The van der Waals surface area contributed by atoms with Crippen LogP contribution in [0.3, 0.4) is 0 Å². The molecule has 0 bridgehead atoms. The molecule has 1 aliphatic carbocycles. The summed E-state index contributed by atoms with van der Waals surface area (Å²) in [5, 5.41) is 0. The Labute approximate surface area is 99.9 Å². The minimum Gasteiger partial charge on any atom is -0.381 e. The van der Waals surface area contributed by atoms with E-state index in [4.69, 9.17) is 10.5 Å².